The lowest BCUT2D eigenvalue weighted by Gasteiger charge is -2.17. The number of ether oxygens (including phenoxy) is 2. The Hall–Kier alpha value is -3.49. The second-order valence-electron chi connectivity index (χ2n) is 8.02. The molecule has 9 nitrogen and oxygen atoms in total. The minimum absolute atomic E-state index is 0.135. The average Bonchev–Trinajstić information content (AvgIpc) is 3.54. The van der Waals surface area contributed by atoms with Crippen LogP contribution in [0.1, 0.15) is 50.3 Å². The third kappa shape index (κ3) is 4.42. The Morgan fingerprint density at radius 3 is 2.53 bits per heavy atom. The van der Waals surface area contributed by atoms with Crippen molar-refractivity contribution in [2.75, 3.05) is 19.5 Å². The maximum Gasteiger partial charge on any atom is 0.257 e. The number of methoxy groups -OCH3 is 2. The summed E-state index contributed by atoms with van der Waals surface area (Å²) >= 11 is 0. The second-order valence-corrected chi connectivity index (χ2v) is 8.02. The van der Waals surface area contributed by atoms with Gasteiger partial charge in [0.25, 0.3) is 11.9 Å². The van der Waals surface area contributed by atoms with Gasteiger partial charge in [-0.2, -0.15) is 14.8 Å². The molecule has 1 atom stereocenters. The molecule has 0 saturated heterocycles. The van der Waals surface area contributed by atoms with Crippen LogP contribution in [0.25, 0.3) is 0 Å². The number of hydrogen-bond donors (Lipinski definition) is 1. The van der Waals surface area contributed by atoms with E-state index in [2.05, 4.69) is 20.4 Å². The molecule has 0 spiro atoms. The van der Waals surface area contributed by atoms with E-state index in [1.54, 1.807) is 26.4 Å². The van der Waals surface area contributed by atoms with Crippen LogP contribution in [0.15, 0.2) is 34.3 Å². The van der Waals surface area contributed by atoms with Crippen molar-refractivity contribution in [1.29, 1.82) is 0 Å². The van der Waals surface area contributed by atoms with Gasteiger partial charge in [0.1, 0.15) is 5.82 Å². The van der Waals surface area contributed by atoms with E-state index in [0.29, 0.717) is 35.4 Å². The molecule has 1 aromatic carbocycles. The molecule has 1 fully saturated rings. The highest BCUT2D eigenvalue weighted by atomic mass is 16.5. The molecule has 2 heterocycles. The lowest BCUT2D eigenvalue weighted by Crippen LogP contribution is -2.30. The number of aliphatic imine (C=N–C) groups is 2. The van der Waals surface area contributed by atoms with E-state index in [1.807, 2.05) is 26.0 Å². The number of amides is 2. The Kier molecular flexibility index (Phi) is 6.07. The zero-order valence-corrected chi connectivity index (χ0v) is 18.7. The first-order valence-electron chi connectivity index (χ1n) is 10.7. The fraction of sp³-hybridized carbons (Fsp3) is 0.435. The molecule has 1 aliphatic carbocycles. The molecule has 168 valence electrons. The van der Waals surface area contributed by atoms with E-state index in [1.165, 1.54) is 4.68 Å². The van der Waals surface area contributed by atoms with Crippen LogP contribution in [-0.4, -0.2) is 47.5 Å². The number of hydrogen-bond acceptors (Lipinski definition) is 6. The van der Waals surface area contributed by atoms with Gasteiger partial charge < -0.3 is 14.8 Å². The Morgan fingerprint density at radius 2 is 1.91 bits per heavy atom. The summed E-state index contributed by atoms with van der Waals surface area (Å²) in [6.45, 7) is 3.75. The molecule has 1 aromatic heterocycles. The normalized spacial score (nSPS) is 18.1. The van der Waals surface area contributed by atoms with E-state index in [9.17, 15) is 9.59 Å². The van der Waals surface area contributed by atoms with Crippen LogP contribution in [0.5, 0.6) is 11.5 Å². The maximum absolute atomic E-state index is 12.8. The summed E-state index contributed by atoms with van der Waals surface area (Å²) in [5.74, 6) is 1.40. The van der Waals surface area contributed by atoms with E-state index in [4.69, 9.17) is 9.47 Å². The molecule has 2 aliphatic rings. The second kappa shape index (κ2) is 8.94. The highest BCUT2D eigenvalue weighted by Crippen LogP contribution is 2.40. The quantitative estimate of drug-likeness (QED) is 0.716. The van der Waals surface area contributed by atoms with E-state index < -0.39 is 0 Å². The van der Waals surface area contributed by atoms with Crippen molar-refractivity contribution >= 4 is 29.3 Å². The number of carbonyl (C=O) groups excluding carboxylic acids is 2. The highest BCUT2D eigenvalue weighted by Gasteiger charge is 2.31. The molecule has 0 radical (unpaired) electrons. The summed E-state index contributed by atoms with van der Waals surface area (Å²) in [7, 11) is 3.12. The molecule has 4 rings (SSSR count). The van der Waals surface area contributed by atoms with Crippen molar-refractivity contribution in [1.82, 2.24) is 9.78 Å². The van der Waals surface area contributed by atoms with Gasteiger partial charge in [0.15, 0.2) is 11.5 Å². The fourth-order valence-electron chi connectivity index (χ4n) is 3.76. The standard InChI is InChI=1S/C23H27N5O4/c1-5-16-13(2)24-23(26-22(16)30)28-20(12-17(27-28)15-7-8-15)25-21(29)11-14-6-9-18(31-3)19(10-14)32-4/h6,9-10,12,15-16H,5,7-8,11H2,1-4H3,(H,25,29). The first kappa shape index (κ1) is 21.7. The summed E-state index contributed by atoms with van der Waals surface area (Å²) in [5.41, 5.74) is 2.35. The van der Waals surface area contributed by atoms with Gasteiger partial charge in [-0.3, -0.25) is 9.59 Å². The lowest BCUT2D eigenvalue weighted by molar-refractivity contribution is -0.120. The van der Waals surface area contributed by atoms with Crippen LogP contribution in [-0.2, 0) is 16.0 Å². The number of nitrogens with zero attached hydrogens (tertiary/aromatic N) is 4. The lowest BCUT2D eigenvalue weighted by atomic mass is 10.00. The molecule has 0 bridgehead atoms. The molecule has 1 N–H and O–H groups in total. The zero-order valence-electron chi connectivity index (χ0n) is 18.7. The molecular weight excluding hydrogens is 410 g/mol. The number of nitrogens with one attached hydrogen (secondary N) is 1. The first-order chi connectivity index (χ1) is 15.4. The Labute approximate surface area is 186 Å². The fourth-order valence-corrected chi connectivity index (χ4v) is 3.76. The van der Waals surface area contributed by atoms with Gasteiger partial charge in [0, 0.05) is 17.7 Å². The monoisotopic (exact) mass is 437 g/mol. The minimum atomic E-state index is -0.305. The van der Waals surface area contributed by atoms with Crippen molar-refractivity contribution < 1.29 is 19.1 Å². The smallest absolute Gasteiger partial charge is 0.257 e. The Bertz CT molecular complexity index is 1110. The number of rotatable bonds is 7. The predicted molar refractivity (Wildman–Crippen MR) is 121 cm³/mol. The Morgan fingerprint density at radius 1 is 1.16 bits per heavy atom. The highest BCUT2D eigenvalue weighted by molar-refractivity contribution is 6.15. The van der Waals surface area contributed by atoms with Crippen LogP contribution in [0.2, 0.25) is 0 Å². The van der Waals surface area contributed by atoms with Gasteiger partial charge in [-0.1, -0.05) is 13.0 Å². The van der Waals surface area contributed by atoms with Gasteiger partial charge in [-0.15, -0.1) is 0 Å². The molecule has 1 unspecified atom stereocenters. The molecular formula is C23H27N5O4. The van der Waals surface area contributed by atoms with Crippen LogP contribution < -0.4 is 14.8 Å². The van der Waals surface area contributed by atoms with Crippen LogP contribution in [0, 0.1) is 5.92 Å². The maximum atomic E-state index is 12.8. The van der Waals surface area contributed by atoms with Crippen molar-refractivity contribution in [3.63, 3.8) is 0 Å². The van der Waals surface area contributed by atoms with E-state index in [-0.39, 0.29) is 30.1 Å². The third-order valence-corrected chi connectivity index (χ3v) is 5.69. The molecule has 2 amide bonds. The number of anilines is 1. The SMILES string of the molecule is CCC1C(=O)N=C(n2nc(C3CC3)cc2NC(=O)Cc2ccc(OC)c(OC)c2)N=C1C. The average molecular weight is 438 g/mol. The predicted octanol–water partition coefficient (Wildman–Crippen LogP) is 3.19. The summed E-state index contributed by atoms with van der Waals surface area (Å²) in [5, 5.41) is 7.51. The molecule has 9 heteroatoms. The van der Waals surface area contributed by atoms with Crippen LogP contribution >= 0.6 is 0 Å². The number of carbonyl (C=O) groups is 2. The van der Waals surface area contributed by atoms with E-state index >= 15 is 0 Å². The van der Waals surface area contributed by atoms with Crippen LogP contribution in [0.3, 0.4) is 0 Å². The van der Waals surface area contributed by atoms with Crippen molar-refractivity contribution in [2.24, 2.45) is 15.9 Å². The zero-order chi connectivity index (χ0) is 22.8. The van der Waals surface area contributed by atoms with E-state index in [0.717, 1.165) is 24.1 Å². The number of benzene rings is 1. The summed E-state index contributed by atoms with van der Waals surface area (Å²) in [6.07, 6.45) is 2.89. The molecule has 1 aliphatic heterocycles. The molecule has 2 aromatic rings. The summed E-state index contributed by atoms with van der Waals surface area (Å²) < 4.78 is 12.0. The van der Waals surface area contributed by atoms with Gasteiger partial charge in [-0.25, -0.2) is 4.99 Å². The Balaban J connectivity index is 1.58. The minimum Gasteiger partial charge on any atom is -0.493 e. The summed E-state index contributed by atoms with van der Waals surface area (Å²) in [4.78, 5) is 33.9. The third-order valence-electron chi connectivity index (χ3n) is 5.69. The van der Waals surface area contributed by atoms with Gasteiger partial charge in [-0.05, 0) is 43.9 Å². The summed E-state index contributed by atoms with van der Waals surface area (Å²) in [6, 6.07) is 7.19. The first-order valence-corrected chi connectivity index (χ1v) is 10.7. The number of aromatic nitrogens is 2. The van der Waals surface area contributed by atoms with Crippen molar-refractivity contribution in [3.05, 3.63) is 35.5 Å². The van der Waals surface area contributed by atoms with Gasteiger partial charge >= 0.3 is 0 Å². The van der Waals surface area contributed by atoms with Gasteiger partial charge in [0.05, 0.1) is 32.3 Å². The van der Waals surface area contributed by atoms with Gasteiger partial charge in [0.2, 0.25) is 5.91 Å². The van der Waals surface area contributed by atoms with Crippen molar-refractivity contribution in [3.8, 4) is 11.5 Å². The molecule has 1 saturated carbocycles. The topological polar surface area (TPSA) is 107 Å². The largest absolute Gasteiger partial charge is 0.493 e. The van der Waals surface area contributed by atoms with Crippen molar-refractivity contribution in [2.45, 2.75) is 45.4 Å². The molecule has 32 heavy (non-hydrogen) atoms. The van der Waals surface area contributed by atoms with Crippen LogP contribution in [0.4, 0.5) is 5.82 Å².